The summed E-state index contributed by atoms with van der Waals surface area (Å²) in [5.41, 5.74) is -1.34. The lowest BCUT2D eigenvalue weighted by atomic mass is 10.2. The highest BCUT2D eigenvalue weighted by Gasteiger charge is 2.32. The molecule has 2 heterocycles. The van der Waals surface area contributed by atoms with Crippen LogP contribution in [0.4, 0.5) is 19.0 Å². The Morgan fingerprint density at radius 3 is 2.70 bits per heavy atom. The van der Waals surface area contributed by atoms with Gasteiger partial charge in [-0.05, 0) is 25.1 Å². The minimum Gasteiger partial charge on any atom is -0.309 e. The van der Waals surface area contributed by atoms with E-state index in [1.165, 1.54) is 6.07 Å². The Hall–Kier alpha value is -2.35. The van der Waals surface area contributed by atoms with Gasteiger partial charge in [-0.3, -0.25) is 9.59 Å². The number of halogens is 4. The Labute approximate surface area is 133 Å². The predicted octanol–water partition coefficient (Wildman–Crippen LogP) is 2.86. The maximum Gasteiger partial charge on any atom is 0.417 e. The van der Waals surface area contributed by atoms with Gasteiger partial charge in [-0.2, -0.15) is 13.2 Å². The van der Waals surface area contributed by atoms with E-state index in [2.05, 4.69) is 10.3 Å². The first-order valence-corrected chi connectivity index (χ1v) is 6.75. The summed E-state index contributed by atoms with van der Waals surface area (Å²) < 4.78 is 38.8. The summed E-state index contributed by atoms with van der Waals surface area (Å²) in [6.07, 6.45) is -4.12. The van der Waals surface area contributed by atoms with Gasteiger partial charge in [0.1, 0.15) is 17.4 Å². The van der Waals surface area contributed by atoms with Crippen LogP contribution in [0, 0.1) is 6.92 Å². The van der Waals surface area contributed by atoms with Crippen molar-refractivity contribution in [1.82, 2.24) is 9.55 Å². The van der Waals surface area contributed by atoms with Gasteiger partial charge < -0.3 is 9.88 Å². The molecule has 23 heavy (non-hydrogen) atoms. The van der Waals surface area contributed by atoms with Gasteiger partial charge in [0.25, 0.3) is 5.56 Å². The van der Waals surface area contributed by atoms with Crippen LogP contribution in [-0.2, 0) is 17.5 Å². The summed E-state index contributed by atoms with van der Waals surface area (Å²) >= 11 is 5.51. The summed E-state index contributed by atoms with van der Waals surface area (Å²) in [4.78, 5) is 27.7. The van der Waals surface area contributed by atoms with Crippen LogP contribution >= 0.6 is 11.6 Å². The van der Waals surface area contributed by atoms with E-state index in [-0.39, 0.29) is 5.82 Å². The van der Waals surface area contributed by atoms with Crippen LogP contribution in [-0.4, -0.2) is 15.5 Å². The third-order valence-corrected chi connectivity index (χ3v) is 3.11. The molecule has 0 fully saturated rings. The van der Waals surface area contributed by atoms with Crippen LogP contribution in [0.3, 0.4) is 0 Å². The van der Waals surface area contributed by atoms with Crippen LogP contribution in [0.2, 0.25) is 5.02 Å². The van der Waals surface area contributed by atoms with Gasteiger partial charge in [0.05, 0.1) is 5.56 Å². The SMILES string of the molecule is Cc1cccc(NC(=O)Cn2cc(C(F)(F)F)cc(Cl)c2=O)n1. The minimum absolute atomic E-state index is 0.237. The molecule has 1 N–H and O–H groups in total. The van der Waals surface area contributed by atoms with Crippen molar-refractivity contribution in [2.24, 2.45) is 0 Å². The van der Waals surface area contributed by atoms with Crippen molar-refractivity contribution >= 4 is 23.3 Å². The van der Waals surface area contributed by atoms with Crippen LogP contribution in [0.25, 0.3) is 0 Å². The van der Waals surface area contributed by atoms with E-state index in [4.69, 9.17) is 11.6 Å². The monoisotopic (exact) mass is 345 g/mol. The maximum atomic E-state index is 12.7. The van der Waals surface area contributed by atoms with Gasteiger partial charge in [-0.1, -0.05) is 17.7 Å². The van der Waals surface area contributed by atoms with Crippen molar-refractivity contribution in [3.05, 3.63) is 57.1 Å². The summed E-state index contributed by atoms with van der Waals surface area (Å²) in [5, 5.41) is 1.79. The summed E-state index contributed by atoms with van der Waals surface area (Å²) in [6, 6.07) is 5.42. The molecule has 0 unspecified atom stereocenters. The lowest BCUT2D eigenvalue weighted by Crippen LogP contribution is -2.29. The molecule has 1 amide bonds. The molecule has 0 aliphatic carbocycles. The number of anilines is 1. The molecule has 0 atom stereocenters. The Morgan fingerprint density at radius 1 is 1.39 bits per heavy atom. The number of aromatic nitrogens is 2. The first-order valence-electron chi connectivity index (χ1n) is 6.37. The third-order valence-electron chi connectivity index (χ3n) is 2.84. The quantitative estimate of drug-likeness (QED) is 0.930. The largest absolute Gasteiger partial charge is 0.417 e. The molecule has 5 nitrogen and oxygen atoms in total. The predicted molar refractivity (Wildman–Crippen MR) is 78.3 cm³/mol. The number of alkyl halides is 3. The Morgan fingerprint density at radius 2 is 2.09 bits per heavy atom. The average Bonchev–Trinajstić information content (AvgIpc) is 2.42. The number of hydrogen-bond acceptors (Lipinski definition) is 3. The number of amides is 1. The zero-order valence-corrected chi connectivity index (χ0v) is 12.6. The fraction of sp³-hybridized carbons (Fsp3) is 0.214. The topological polar surface area (TPSA) is 64.0 Å². The number of carbonyl (C=O) groups is 1. The van der Waals surface area contributed by atoms with Gasteiger partial charge >= 0.3 is 6.18 Å². The van der Waals surface area contributed by atoms with Gasteiger partial charge in [0.15, 0.2) is 0 Å². The minimum atomic E-state index is -4.67. The molecule has 0 radical (unpaired) electrons. The van der Waals surface area contributed by atoms with E-state index in [0.717, 1.165) is 0 Å². The van der Waals surface area contributed by atoms with Gasteiger partial charge in [-0.15, -0.1) is 0 Å². The van der Waals surface area contributed by atoms with E-state index in [1.54, 1.807) is 19.1 Å². The molecule has 0 aliphatic rings. The first-order chi connectivity index (χ1) is 10.7. The Bertz CT molecular complexity index is 803. The van der Waals surface area contributed by atoms with E-state index in [0.29, 0.717) is 22.5 Å². The molecule has 0 aliphatic heterocycles. The van der Waals surface area contributed by atoms with Crippen molar-refractivity contribution in [2.75, 3.05) is 5.32 Å². The maximum absolute atomic E-state index is 12.7. The summed E-state index contributed by atoms with van der Waals surface area (Å²) in [6.45, 7) is 1.10. The Kier molecular flexibility index (Phi) is 4.74. The number of nitrogens with one attached hydrogen (secondary N) is 1. The van der Waals surface area contributed by atoms with E-state index < -0.39 is 34.8 Å². The van der Waals surface area contributed by atoms with Crippen LogP contribution in [0.15, 0.2) is 35.3 Å². The molecule has 2 aromatic rings. The molecule has 2 aromatic heterocycles. The van der Waals surface area contributed by atoms with Crippen LogP contribution in [0.5, 0.6) is 0 Å². The fourth-order valence-corrected chi connectivity index (χ4v) is 2.05. The molecule has 2 rings (SSSR count). The molecule has 0 saturated carbocycles. The number of pyridine rings is 2. The molecule has 0 bridgehead atoms. The second kappa shape index (κ2) is 6.41. The zero-order chi connectivity index (χ0) is 17.2. The fourth-order valence-electron chi connectivity index (χ4n) is 1.82. The van der Waals surface area contributed by atoms with Crippen molar-refractivity contribution < 1.29 is 18.0 Å². The number of carbonyl (C=O) groups excluding carboxylic acids is 1. The summed E-state index contributed by atoms with van der Waals surface area (Å²) in [5.74, 6) is -0.457. The van der Waals surface area contributed by atoms with E-state index in [9.17, 15) is 22.8 Å². The smallest absolute Gasteiger partial charge is 0.309 e. The lowest BCUT2D eigenvalue weighted by Gasteiger charge is -2.12. The van der Waals surface area contributed by atoms with Crippen LogP contribution < -0.4 is 10.9 Å². The molecule has 122 valence electrons. The number of nitrogens with zero attached hydrogens (tertiary/aromatic N) is 2. The molecule has 0 aromatic carbocycles. The van der Waals surface area contributed by atoms with Crippen molar-refractivity contribution in [3.8, 4) is 0 Å². The van der Waals surface area contributed by atoms with Crippen molar-refractivity contribution in [3.63, 3.8) is 0 Å². The Balaban J connectivity index is 2.24. The average molecular weight is 346 g/mol. The second-order valence-corrected chi connectivity index (χ2v) is 5.13. The van der Waals surface area contributed by atoms with Crippen molar-refractivity contribution in [2.45, 2.75) is 19.6 Å². The molecule has 9 heteroatoms. The molecular weight excluding hydrogens is 335 g/mol. The number of aryl methyl sites for hydroxylation is 1. The molecule has 0 spiro atoms. The van der Waals surface area contributed by atoms with Gasteiger partial charge in [0.2, 0.25) is 5.91 Å². The molecule has 0 saturated heterocycles. The zero-order valence-electron chi connectivity index (χ0n) is 11.8. The number of hydrogen-bond donors (Lipinski definition) is 1. The lowest BCUT2D eigenvalue weighted by molar-refractivity contribution is -0.138. The molecular formula is C14H11ClF3N3O2. The highest BCUT2D eigenvalue weighted by atomic mass is 35.5. The van der Waals surface area contributed by atoms with E-state index in [1.807, 2.05) is 0 Å². The normalized spacial score (nSPS) is 11.3. The first kappa shape index (κ1) is 17.0. The standard InChI is InChI=1S/C14H11ClF3N3O2/c1-8-3-2-4-11(19-8)20-12(22)7-21-6-9(14(16,17)18)5-10(15)13(21)23/h2-6H,7H2,1H3,(H,19,20,22). The van der Waals surface area contributed by atoms with Gasteiger partial charge in [-0.25, -0.2) is 4.98 Å². The van der Waals surface area contributed by atoms with Crippen LogP contribution in [0.1, 0.15) is 11.3 Å². The van der Waals surface area contributed by atoms with Crippen molar-refractivity contribution in [1.29, 1.82) is 0 Å². The van der Waals surface area contributed by atoms with Gasteiger partial charge in [0, 0.05) is 11.9 Å². The highest BCUT2D eigenvalue weighted by molar-refractivity contribution is 6.30. The highest BCUT2D eigenvalue weighted by Crippen LogP contribution is 2.29. The summed E-state index contributed by atoms with van der Waals surface area (Å²) in [7, 11) is 0. The van der Waals surface area contributed by atoms with E-state index >= 15 is 0 Å². The number of rotatable bonds is 3. The second-order valence-electron chi connectivity index (χ2n) is 4.72. The third kappa shape index (κ3) is 4.32.